The monoisotopic (exact) mass is 376 g/mol. The molecule has 0 atom stereocenters. The summed E-state index contributed by atoms with van der Waals surface area (Å²) in [5.41, 5.74) is 11.3. The minimum Gasteiger partial charge on any atom is -0.478 e. The number of aryl methyl sites for hydroxylation is 2. The van der Waals surface area contributed by atoms with E-state index in [0.717, 1.165) is 0 Å². The zero-order valence-corrected chi connectivity index (χ0v) is 14.8. The Kier molecular flexibility index (Phi) is 7.22. The van der Waals surface area contributed by atoms with Gasteiger partial charge in [-0.15, -0.1) is 0 Å². The maximum Gasteiger partial charge on any atom is 0.340 e. The fourth-order valence-electron chi connectivity index (χ4n) is 2.11. The highest BCUT2D eigenvalue weighted by atomic mass is 16.4. The average Bonchev–Trinajstić information content (AvgIpc) is 2.60. The number of carboxylic acid groups (broad SMARTS) is 3. The lowest BCUT2D eigenvalue weighted by Crippen LogP contribution is -2.14. The third-order valence-electron chi connectivity index (χ3n) is 3.41. The van der Waals surface area contributed by atoms with Gasteiger partial charge in [0.15, 0.2) is 0 Å². The van der Waals surface area contributed by atoms with Crippen molar-refractivity contribution in [3.8, 4) is 0 Å². The Hall–Kier alpha value is -3.69. The van der Waals surface area contributed by atoms with Gasteiger partial charge in [0, 0.05) is 11.4 Å². The number of aromatic nitrogens is 2. The molecule has 0 aliphatic heterocycles. The summed E-state index contributed by atoms with van der Waals surface area (Å²) in [4.78, 5) is 39.8. The number of nitrogens with two attached hydrogens (primary N) is 2. The number of hydrogen-bond donors (Lipinski definition) is 5. The Labute approximate surface area is 154 Å². The molecular weight excluding hydrogens is 356 g/mol. The molecule has 0 aromatic carbocycles. The lowest BCUT2D eigenvalue weighted by atomic mass is 10.1. The van der Waals surface area contributed by atoms with E-state index in [1.54, 1.807) is 6.92 Å². The van der Waals surface area contributed by atoms with Crippen LogP contribution in [-0.2, 0) is 12.8 Å². The van der Waals surface area contributed by atoms with Gasteiger partial charge in [0.2, 0.25) is 0 Å². The molecule has 144 valence electrons. The van der Waals surface area contributed by atoms with Crippen LogP contribution in [0.2, 0.25) is 0 Å². The van der Waals surface area contributed by atoms with Crippen LogP contribution < -0.4 is 11.5 Å². The number of nitrogens with zero attached hydrogens (tertiary/aromatic N) is 2. The first-order valence-corrected chi connectivity index (χ1v) is 7.86. The van der Waals surface area contributed by atoms with Gasteiger partial charge in [-0.3, -0.25) is 0 Å². The van der Waals surface area contributed by atoms with Gasteiger partial charge in [0.05, 0.1) is 11.1 Å². The summed E-state index contributed by atoms with van der Waals surface area (Å²) in [7, 11) is 0. The molecule has 10 nitrogen and oxygen atoms in total. The zero-order valence-electron chi connectivity index (χ0n) is 14.8. The maximum atomic E-state index is 10.8. The molecule has 0 aliphatic rings. The minimum absolute atomic E-state index is 0.194. The van der Waals surface area contributed by atoms with E-state index in [1.807, 2.05) is 6.92 Å². The summed E-state index contributed by atoms with van der Waals surface area (Å²) in [6.07, 6.45) is 1.18. The highest BCUT2D eigenvalue weighted by molar-refractivity contribution is 6.04. The van der Waals surface area contributed by atoms with Gasteiger partial charge >= 0.3 is 17.9 Å². The van der Waals surface area contributed by atoms with Gasteiger partial charge in [-0.05, 0) is 31.0 Å². The first-order valence-electron chi connectivity index (χ1n) is 7.86. The largest absolute Gasteiger partial charge is 0.478 e. The van der Waals surface area contributed by atoms with Crippen LogP contribution in [0.25, 0.3) is 0 Å². The van der Waals surface area contributed by atoms with Crippen molar-refractivity contribution >= 4 is 29.5 Å². The summed E-state index contributed by atoms with van der Waals surface area (Å²) in [6, 6.07) is 4.10. The number of carbonyl (C=O) groups is 3. The Morgan fingerprint density at radius 2 is 1.41 bits per heavy atom. The predicted octanol–water partition coefficient (Wildman–Crippen LogP) is 1.55. The van der Waals surface area contributed by atoms with Crippen LogP contribution in [0.15, 0.2) is 18.2 Å². The van der Waals surface area contributed by atoms with Crippen LogP contribution in [0.4, 0.5) is 11.6 Å². The highest BCUT2D eigenvalue weighted by Crippen LogP contribution is 2.17. The Bertz CT molecular complexity index is 882. The molecule has 2 heterocycles. The van der Waals surface area contributed by atoms with Crippen molar-refractivity contribution in [2.75, 3.05) is 11.5 Å². The van der Waals surface area contributed by atoms with E-state index >= 15 is 0 Å². The topological polar surface area (TPSA) is 190 Å². The van der Waals surface area contributed by atoms with Gasteiger partial charge in [-0.25, -0.2) is 24.4 Å². The molecule has 2 rings (SSSR count). The molecule has 0 saturated heterocycles. The van der Waals surface area contributed by atoms with Crippen molar-refractivity contribution in [3.05, 3.63) is 46.3 Å². The molecule has 2 aromatic rings. The Balaban J connectivity index is 0.000000277. The first kappa shape index (κ1) is 21.4. The second-order valence-corrected chi connectivity index (χ2v) is 5.32. The minimum atomic E-state index is -1.39. The molecule has 0 radical (unpaired) electrons. The van der Waals surface area contributed by atoms with Crippen molar-refractivity contribution < 1.29 is 29.7 Å². The van der Waals surface area contributed by atoms with Gasteiger partial charge < -0.3 is 26.8 Å². The number of anilines is 2. The average molecular weight is 376 g/mol. The maximum absolute atomic E-state index is 10.8. The molecule has 0 bridgehead atoms. The highest BCUT2D eigenvalue weighted by Gasteiger charge is 2.21. The van der Waals surface area contributed by atoms with Gasteiger partial charge in [0.1, 0.15) is 17.2 Å². The molecule has 2 aromatic heterocycles. The van der Waals surface area contributed by atoms with Gasteiger partial charge in [-0.1, -0.05) is 13.8 Å². The molecule has 27 heavy (non-hydrogen) atoms. The molecule has 0 unspecified atom stereocenters. The third kappa shape index (κ3) is 5.66. The molecule has 0 aliphatic carbocycles. The summed E-state index contributed by atoms with van der Waals surface area (Å²) in [6.45, 7) is 3.67. The second kappa shape index (κ2) is 9.13. The summed E-state index contributed by atoms with van der Waals surface area (Å²) in [5, 5.41) is 26.2. The number of aromatic carboxylic acids is 3. The smallest absolute Gasteiger partial charge is 0.340 e. The summed E-state index contributed by atoms with van der Waals surface area (Å²) in [5.74, 6) is -3.69. The molecule has 0 spiro atoms. The normalized spacial score (nSPS) is 9.85. The zero-order chi connectivity index (χ0) is 20.7. The molecule has 0 saturated carbocycles. The summed E-state index contributed by atoms with van der Waals surface area (Å²) >= 11 is 0. The molecule has 0 amide bonds. The van der Waals surface area contributed by atoms with Crippen LogP contribution in [0.5, 0.6) is 0 Å². The van der Waals surface area contributed by atoms with Gasteiger partial charge in [0.25, 0.3) is 0 Å². The number of rotatable bonds is 5. The van der Waals surface area contributed by atoms with Crippen LogP contribution in [0.1, 0.15) is 56.3 Å². The SMILES string of the molecule is CCc1cc(C(=O)O)c(C(=O)O)c(N)n1.CCc1cc(C(=O)O)cc(N)n1. The van der Waals surface area contributed by atoms with Crippen molar-refractivity contribution in [2.45, 2.75) is 26.7 Å². The Morgan fingerprint density at radius 3 is 1.85 bits per heavy atom. The fraction of sp³-hybridized carbons (Fsp3) is 0.235. The van der Waals surface area contributed by atoms with E-state index in [-0.39, 0.29) is 22.8 Å². The quantitative estimate of drug-likeness (QED) is 0.511. The number of nitrogen functional groups attached to an aromatic ring is 2. The molecule has 10 heteroatoms. The Morgan fingerprint density at radius 1 is 0.852 bits per heavy atom. The van der Waals surface area contributed by atoms with Crippen LogP contribution in [0.3, 0.4) is 0 Å². The van der Waals surface area contributed by atoms with Gasteiger partial charge in [-0.2, -0.15) is 0 Å². The third-order valence-corrected chi connectivity index (χ3v) is 3.41. The molecule has 0 fully saturated rings. The lowest BCUT2D eigenvalue weighted by molar-refractivity contribution is 0.0652. The van der Waals surface area contributed by atoms with E-state index in [1.165, 1.54) is 18.2 Å². The van der Waals surface area contributed by atoms with E-state index in [9.17, 15) is 14.4 Å². The van der Waals surface area contributed by atoms with E-state index < -0.39 is 23.5 Å². The summed E-state index contributed by atoms with van der Waals surface area (Å²) < 4.78 is 0. The van der Waals surface area contributed by atoms with Crippen molar-refractivity contribution in [1.29, 1.82) is 0 Å². The van der Waals surface area contributed by atoms with Crippen molar-refractivity contribution in [2.24, 2.45) is 0 Å². The fourth-order valence-corrected chi connectivity index (χ4v) is 2.11. The van der Waals surface area contributed by atoms with Crippen LogP contribution in [-0.4, -0.2) is 43.2 Å². The van der Waals surface area contributed by atoms with Crippen LogP contribution in [0, 0.1) is 0 Å². The number of carboxylic acids is 3. The first-order chi connectivity index (χ1) is 12.6. The molecule has 7 N–H and O–H groups in total. The molecular formula is C17H20N4O6. The number of hydrogen-bond acceptors (Lipinski definition) is 7. The van der Waals surface area contributed by atoms with E-state index in [0.29, 0.717) is 24.2 Å². The number of pyridine rings is 2. The van der Waals surface area contributed by atoms with E-state index in [2.05, 4.69) is 9.97 Å². The van der Waals surface area contributed by atoms with E-state index in [4.69, 9.17) is 26.8 Å². The van der Waals surface area contributed by atoms with Crippen LogP contribution >= 0.6 is 0 Å². The lowest BCUT2D eigenvalue weighted by Gasteiger charge is -2.06. The predicted molar refractivity (Wildman–Crippen MR) is 96.9 cm³/mol. The standard InChI is InChI=1S/C9H10N2O4.C8H10N2O2/c1-2-4-3-5(8(12)13)6(9(14)15)7(10)11-4;1-2-6-3-5(8(11)12)4-7(9)10-6/h3H,2H2,1H3,(H2,10,11)(H,12,13)(H,14,15);3-4H,2H2,1H3,(H2,9,10)(H,11,12). The van der Waals surface area contributed by atoms with Crippen molar-refractivity contribution in [1.82, 2.24) is 9.97 Å². The van der Waals surface area contributed by atoms with Crippen molar-refractivity contribution in [3.63, 3.8) is 0 Å². The second-order valence-electron chi connectivity index (χ2n) is 5.32.